The standard InChI is InChI=1S/C20H38O15/c1-7(25)10(4-22)32-19(9(26)3-21)34-18-12(6-24)33-20(16(30)15(18)29)35-17-11(5-23)31-8(2)13(27)14(17)28/h7-30H,3-6H2,1-2H3/t7-,8-,9-,10?,11?,12?,13?,14?,15?,16?,17+,18+,19+,20+/m0/s1. The van der Waals surface area contributed by atoms with E-state index >= 15 is 0 Å². The number of aliphatic hydroxyl groups is 10. The van der Waals surface area contributed by atoms with E-state index in [-0.39, 0.29) is 0 Å². The average molecular weight is 519 g/mol. The fourth-order valence-corrected chi connectivity index (χ4v) is 3.86. The summed E-state index contributed by atoms with van der Waals surface area (Å²) in [5.74, 6) is 0. The van der Waals surface area contributed by atoms with Gasteiger partial charge in [0.2, 0.25) is 0 Å². The summed E-state index contributed by atoms with van der Waals surface area (Å²) >= 11 is 0. The Morgan fingerprint density at radius 3 is 1.86 bits per heavy atom. The van der Waals surface area contributed by atoms with E-state index in [9.17, 15) is 51.1 Å². The lowest BCUT2D eigenvalue weighted by molar-refractivity contribution is -0.362. The van der Waals surface area contributed by atoms with Gasteiger partial charge in [0.25, 0.3) is 0 Å². The molecule has 35 heavy (non-hydrogen) atoms. The minimum absolute atomic E-state index is 0.604. The van der Waals surface area contributed by atoms with Gasteiger partial charge in [-0.3, -0.25) is 0 Å². The lowest BCUT2D eigenvalue weighted by Crippen LogP contribution is -2.65. The maximum atomic E-state index is 10.7. The lowest BCUT2D eigenvalue weighted by Gasteiger charge is -2.47. The molecule has 7 unspecified atom stereocenters. The predicted octanol–water partition coefficient (Wildman–Crippen LogP) is -5.87. The molecule has 0 aromatic carbocycles. The van der Waals surface area contributed by atoms with Crippen molar-refractivity contribution in [2.45, 2.75) is 99.7 Å². The Bertz CT molecular complexity index is 607. The van der Waals surface area contributed by atoms with Crippen molar-refractivity contribution in [1.82, 2.24) is 0 Å². The summed E-state index contributed by atoms with van der Waals surface area (Å²) in [6, 6.07) is 0. The third kappa shape index (κ3) is 7.25. The SMILES string of the molecule is C[C@H](O)C(CO)O[C@H](O[C@@H]1C(CO)O[C@H](O[C@@H]2C(CO)O[C@@H](C)C(O)C2O)C(O)C1O)[C@@H](O)CO. The highest BCUT2D eigenvalue weighted by molar-refractivity contribution is 4.95. The molecule has 0 aromatic rings. The third-order valence-corrected chi connectivity index (χ3v) is 6.03. The highest BCUT2D eigenvalue weighted by atomic mass is 16.7. The molecular weight excluding hydrogens is 480 g/mol. The first kappa shape index (κ1) is 30.6. The molecule has 2 aliphatic rings. The Morgan fingerprint density at radius 1 is 0.771 bits per heavy atom. The van der Waals surface area contributed by atoms with E-state index in [4.69, 9.17) is 23.7 Å². The Balaban J connectivity index is 2.17. The second kappa shape index (κ2) is 13.8. The van der Waals surface area contributed by atoms with Gasteiger partial charge < -0.3 is 74.7 Å². The van der Waals surface area contributed by atoms with Crippen molar-refractivity contribution in [1.29, 1.82) is 0 Å². The van der Waals surface area contributed by atoms with Crippen molar-refractivity contribution < 1.29 is 74.7 Å². The topological polar surface area (TPSA) is 248 Å². The highest BCUT2D eigenvalue weighted by Gasteiger charge is 2.51. The molecule has 14 atom stereocenters. The molecule has 15 nitrogen and oxygen atoms in total. The molecule has 2 aliphatic heterocycles. The van der Waals surface area contributed by atoms with E-state index in [0.29, 0.717) is 0 Å². The summed E-state index contributed by atoms with van der Waals surface area (Å²) in [7, 11) is 0. The van der Waals surface area contributed by atoms with Crippen molar-refractivity contribution in [2.75, 3.05) is 26.4 Å². The van der Waals surface area contributed by atoms with Crippen molar-refractivity contribution in [3.63, 3.8) is 0 Å². The van der Waals surface area contributed by atoms with Gasteiger partial charge in [-0.2, -0.15) is 0 Å². The van der Waals surface area contributed by atoms with Crippen LogP contribution in [0.25, 0.3) is 0 Å². The summed E-state index contributed by atoms with van der Waals surface area (Å²) in [6.45, 7) is -0.165. The van der Waals surface area contributed by atoms with Crippen LogP contribution in [0, 0.1) is 0 Å². The molecule has 2 heterocycles. The van der Waals surface area contributed by atoms with E-state index in [1.54, 1.807) is 0 Å². The average Bonchev–Trinajstić information content (AvgIpc) is 2.84. The number of ether oxygens (including phenoxy) is 5. The molecule has 0 spiro atoms. The normalized spacial score (nSPS) is 41.8. The van der Waals surface area contributed by atoms with Gasteiger partial charge in [0.1, 0.15) is 61.0 Å². The van der Waals surface area contributed by atoms with Crippen LogP contribution in [-0.4, -0.2) is 163 Å². The first-order chi connectivity index (χ1) is 16.5. The number of rotatable bonds is 12. The van der Waals surface area contributed by atoms with Crippen LogP contribution < -0.4 is 0 Å². The van der Waals surface area contributed by atoms with E-state index in [1.807, 2.05) is 0 Å². The first-order valence-corrected chi connectivity index (χ1v) is 11.3. The van der Waals surface area contributed by atoms with Crippen molar-refractivity contribution in [3.05, 3.63) is 0 Å². The molecule has 2 saturated heterocycles. The second-order valence-corrected chi connectivity index (χ2v) is 8.67. The summed E-state index contributed by atoms with van der Waals surface area (Å²) < 4.78 is 27.2. The second-order valence-electron chi connectivity index (χ2n) is 8.67. The molecule has 0 saturated carbocycles. The Labute approximate surface area is 201 Å². The van der Waals surface area contributed by atoms with Crippen molar-refractivity contribution in [3.8, 4) is 0 Å². The summed E-state index contributed by atoms with van der Waals surface area (Å²) in [5, 5.41) is 99.5. The van der Waals surface area contributed by atoms with Crippen LogP contribution in [0.4, 0.5) is 0 Å². The van der Waals surface area contributed by atoms with Gasteiger partial charge in [0.05, 0.1) is 38.6 Å². The smallest absolute Gasteiger partial charge is 0.187 e. The van der Waals surface area contributed by atoms with Crippen molar-refractivity contribution >= 4 is 0 Å². The summed E-state index contributed by atoms with van der Waals surface area (Å²) in [6.07, 6.45) is -20.4. The fraction of sp³-hybridized carbons (Fsp3) is 1.00. The number of hydrogen-bond acceptors (Lipinski definition) is 15. The van der Waals surface area contributed by atoms with Gasteiger partial charge >= 0.3 is 0 Å². The lowest BCUT2D eigenvalue weighted by atomic mass is 9.95. The molecular formula is C20H38O15. The van der Waals surface area contributed by atoms with E-state index in [2.05, 4.69) is 0 Å². The minimum atomic E-state index is -1.86. The Hall–Kier alpha value is -0.600. The largest absolute Gasteiger partial charge is 0.394 e. The monoisotopic (exact) mass is 518 g/mol. The van der Waals surface area contributed by atoms with Gasteiger partial charge in [-0.05, 0) is 13.8 Å². The fourth-order valence-electron chi connectivity index (χ4n) is 3.86. The number of aliphatic hydroxyl groups excluding tert-OH is 10. The van der Waals surface area contributed by atoms with Crippen LogP contribution >= 0.6 is 0 Å². The zero-order chi connectivity index (χ0) is 26.4. The minimum Gasteiger partial charge on any atom is -0.394 e. The van der Waals surface area contributed by atoms with E-state index in [0.717, 1.165) is 0 Å². The Kier molecular flexibility index (Phi) is 12.1. The molecule has 0 aromatic heterocycles. The zero-order valence-electron chi connectivity index (χ0n) is 19.4. The predicted molar refractivity (Wildman–Crippen MR) is 111 cm³/mol. The maximum absolute atomic E-state index is 10.7. The quantitative estimate of drug-likeness (QED) is 0.108. The van der Waals surface area contributed by atoms with Crippen LogP contribution in [0.1, 0.15) is 13.8 Å². The summed E-state index contributed by atoms with van der Waals surface area (Å²) in [4.78, 5) is 0. The van der Waals surface area contributed by atoms with E-state index < -0.39 is 112 Å². The molecule has 0 bridgehead atoms. The number of hydrogen-bond donors (Lipinski definition) is 10. The van der Waals surface area contributed by atoms with Gasteiger partial charge in [-0.15, -0.1) is 0 Å². The van der Waals surface area contributed by atoms with Crippen LogP contribution in [0.5, 0.6) is 0 Å². The van der Waals surface area contributed by atoms with Gasteiger partial charge in [-0.25, -0.2) is 0 Å². The molecule has 0 amide bonds. The zero-order valence-corrected chi connectivity index (χ0v) is 19.4. The molecule has 10 N–H and O–H groups in total. The van der Waals surface area contributed by atoms with Crippen LogP contribution in [0.2, 0.25) is 0 Å². The van der Waals surface area contributed by atoms with Gasteiger partial charge in [0.15, 0.2) is 12.6 Å². The first-order valence-electron chi connectivity index (χ1n) is 11.3. The van der Waals surface area contributed by atoms with Crippen LogP contribution in [0.15, 0.2) is 0 Å². The maximum Gasteiger partial charge on any atom is 0.187 e. The van der Waals surface area contributed by atoms with Gasteiger partial charge in [0, 0.05) is 0 Å². The van der Waals surface area contributed by atoms with Crippen LogP contribution in [0.3, 0.4) is 0 Å². The van der Waals surface area contributed by atoms with E-state index in [1.165, 1.54) is 13.8 Å². The molecule has 0 radical (unpaired) electrons. The molecule has 2 rings (SSSR count). The Morgan fingerprint density at radius 2 is 1.34 bits per heavy atom. The third-order valence-electron chi connectivity index (χ3n) is 6.03. The van der Waals surface area contributed by atoms with Gasteiger partial charge in [-0.1, -0.05) is 0 Å². The molecule has 208 valence electrons. The van der Waals surface area contributed by atoms with Crippen molar-refractivity contribution in [2.24, 2.45) is 0 Å². The molecule has 15 heteroatoms. The van der Waals surface area contributed by atoms with Crippen LogP contribution in [-0.2, 0) is 23.7 Å². The molecule has 0 aliphatic carbocycles. The summed E-state index contributed by atoms with van der Waals surface area (Å²) in [5.41, 5.74) is 0. The molecule has 2 fully saturated rings. The highest BCUT2D eigenvalue weighted by Crippen LogP contribution is 2.31.